The van der Waals surface area contributed by atoms with Crippen LogP contribution >= 0.6 is 34.0 Å². The van der Waals surface area contributed by atoms with Crippen molar-refractivity contribution in [2.45, 2.75) is 0 Å². The van der Waals surface area contributed by atoms with Crippen LogP contribution in [0.3, 0.4) is 0 Å². The molecular weight excluding hydrogens is 601 g/mol. The van der Waals surface area contributed by atoms with Crippen LogP contribution in [0, 0.1) is 0 Å². The van der Waals surface area contributed by atoms with Crippen LogP contribution in [0.1, 0.15) is 0 Å². The summed E-state index contributed by atoms with van der Waals surface area (Å²) >= 11 is 5.72. The first-order valence-electron chi connectivity index (χ1n) is 15.1. The predicted octanol–water partition coefficient (Wildman–Crippen LogP) is 13.8. The fraction of sp³-hybridized carbons (Fsp3) is 0. The van der Waals surface area contributed by atoms with Crippen molar-refractivity contribution in [2.75, 3.05) is 0 Å². The third-order valence-corrected chi connectivity index (χ3v) is 12.7. The first kappa shape index (κ1) is 25.5. The molecule has 0 atom stereocenters. The fourth-order valence-corrected chi connectivity index (χ4v) is 10.4. The molecule has 0 unspecified atom stereocenters. The Bertz CT molecular complexity index is 2700. The topological polar surface area (TPSA) is 0 Å². The number of hydrogen-bond donors (Lipinski definition) is 0. The van der Waals surface area contributed by atoms with Crippen LogP contribution in [0.5, 0.6) is 0 Å². The van der Waals surface area contributed by atoms with Crippen molar-refractivity contribution in [3.63, 3.8) is 0 Å². The predicted molar refractivity (Wildman–Crippen MR) is 201 cm³/mol. The molecule has 10 rings (SSSR count). The van der Waals surface area contributed by atoms with Gasteiger partial charge in [0.05, 0.1) is 9.40 Å². The highest BCUT2D eigenvalue weighted by Gasteiger charge is 2.14. The molecule has 7 aromatic carbocycles. The molecule has 0 saturated heterocycles. The van der Waals surface area contributed by atoms with E-state index in [2.05, 4.69) is 146 Å². The van der Waals surface area contributed by atoms with E-state index in [4.69, 9.17) is 0 Å². The lowest BCUT2D eigenvalue weighted by Gasteiger charge is -2.08. The van der Waals surface area contributed by atoms with Crippen LogP contribution in [0.2, 0.25) is 0 Å². The molecular formula is C42H24S3. The number of rotatable bonds is 3. The van der Waals surface area contributed by atoms with Gasteiger partial charge in [0.25, 0.3) is 0 Å². The molecule has 3 heteroatoms. The largest absolute Gasteiger partial charge is 0.135 e. The van der Waals surface area contributed by atoms with Crippen LogP contribution < -0.4 is 0 Å². The van der Waals surface area contributed by atoms with Crippen molar-refractivity contribution in [1.82, 2.24) is 0 Å². The third kappa shape index (κ3) is 4.16. The second-order valence-electron chi connectivity index (χ2n) is 11.8. The Labute approximate surface area is 272 Å². The zero-order valence-electron chi connectivity index (χ0n) is 24.1. The zero-order chi connectivity index (χ0) is 29.5. The Morgan fingerprint density at radius 1 is 0.289 bits per heavy atom. The standard InChI is InChI=1S/C42H24S3/c1-2-6-30-22-39-35(20-29(30)5-1)41-42(44-39)36-21-32-18-17-31(19-34(32)24-40(36)45-41)27-11-9-25(10-12-27)26-13-15-28(16-14-26)38-23-33-7-3-4-8-37(33)43-38/h1-24H. The Balaban J connectivity index is 0.972. The lowest BCUT2D eigenvalue weighted by molar-refractivity contribution is 1.60. The maximum absolute atomic E-state index is 2.40. The van der Waals surface area contributed by atoms with Crippen LogP contribution in [0.25, 0.3) is 93.9 Å². The van der Waals surface area contributed by atoms with Crippen LogP contribution in [-0.2, 0) is 0 Å². The molecule has 0 N–H and O–H groups in total. The number of hydrogen-bond acceptors (Lipinski definition) is 3. The summed E-state index contributed by atoms with van der Waals surface area (Å²) in [6.07, 6.45) is 0. The van der Waals surface area contributed by atoms with E-state index in [0.29, 0.717) is 0 Å². The van der Waals surface area contributed by atoms with Gasteiger partial charge in [-0.15, -0.1) is 34.0 Å². The minimum Gasteiger partial charge on any atom is -0.135 e. The molecule has 10 aromatic rings. The lowest BCUT2D eigenvalue weighted by Crippen LogP contribution is -1.82. The van der Waals surface area contributed by atoms with E-state index in [1.54, 1.807) is 0 Å². The van der Waals surface area contributed by atoms with Crippen LogP contribution in [-0.4, -0.2) is 0 Å². The third-order valence-electron chi connectivity index (χ3n) is 9.05. The Morgan fingerprint density at radius 3 is 1.42 bits per heavy atom. The van der Waals surface area contributed by atoms with E-state index in [1.165, 1.54) is 93.9 Å². The highest BCUT2D eigenvalue weighted by molar-refractivity contribution is 7.36. The van der Waals surface area contributed by atoms with Crippen molar-refractivity contribution in [2.24, 2.45) is 0 Å². The van der Waals surface area contributed by atoms with Crippen molar-refractivity contribution in [3.8, 4) is 32.7 Å². The summed E-state index contributed by atoms with van der Waals surface area (Å²) in [5, 5.41) is 9.29. The Morgan fingerprint density at radius 2 is 0.778 bits per heavy atom. The van der Waals surface area contributed by atoms with E-state index in [1.807, 2.05) is 34.0 Å². The van der Waals surface area contributed by atoms with Crippen molar-refractivity contribution >= 4 is 95.2 Å². The van der Waals surface area contributed by atoms with Gasteiger partial charge < -0.3 is 0 Å². The molecule has 0 aliphatic heterocycles. The van der Waals surface area contributed by atoms with Gasteiger partial charge >= 0.3 is 0 Å². The molecule has 0 aliphatic rings. The van der Waals surface area contributed by atoms with Gasteiger partial charge in [0.15, 0.2) is 0 Å². The van der Waals surface area contributed by atoms with Crippen LogP contribution in [0.4, 0.5) is 0 Å². The Hall–Kier alpha value is -4.80. The summed E-state index contributed by atoms with van der Waals surface area (Å²) in [5.41, 5.74) is 6.25. The van der Waals surface area contributed by atoms with Crippen molar-refractivity contribution in [3.05, 3.63) is 146 Å². The maximum atomic E-state index is 2.40. The summed E-state index contributed by atoms with van der Waals surface area (Å²) in [7, 11) is 0. The van der Waals surface area contributed by atoms with Crippen molar-refractivity contribution < 1.29 is 0 Å². The first-order valence-corrected chi connectivity index (χ1v) is 17.6. The number of thiophene rings is 3. The average molecular weight is 625 g/mol. The summed E-state index contributed by atoms with van der Waals surface area (Å²) in [6, 6.07) is 54.0. The zero-order valence-corrected chi connectivity index (χ0v) is 26.5. The quantitative estimate of drug-likeness (QED) is 0.183. The minimum absolute atomic E-state index is 1.24. The molecule has 45 heavy (non-hydrogen) atoms. The molecule has 0 fully saturated rings. The molecule has 0 bridgehead atoms. The molecule has 3 aromatic heterocycles. The van der Waals surface area contributed by atoms with Gasteiger partial charge in [-0.25, -0.2) is 0 Å². The molecule has 0 nitrogen and oxygen atoms in total. The lowest BCUT2D eigenvalue weighted by atomic mass is 9.97. The second kappa shape index (κ2) is 9.85. The second-order valence-corrected chi connectivity index (χ2v) is 15.0. The van der Waals surface area contributed by atoms with E-state index in [9.17, 15) is 0 Å². The SMILES string of the molecule is c1ccc2cc3c(cc2c1)sc1c2cc4ccc(-c5ccc(-c6ccc(-c7cc8ccccc8s7)cc6)cc5)cc4cc2sc31. The van der Waals surface area contributed by atoms with E-state index in [0.717, 1.165) is 0 Å². The normalized spacial score (nSPS) is 12.0. The van der Waals surface area contributed by atoms with Gasteiger partial charge in [0, 0.05) is 29.7 Å². The Kier molecular flexibility index (Phi) is 5.59. The van der Waals surface area contributed by atoms with Gasteiger partial charge in [-0.3, -0.25) is 0 Å². The first-order chi connectivity index (χ1) is 22.2. The van der Waals surface area contributed by atoms with Gasteiger partial charge in [-0.05, 0) is 97.2 Å². The number of benzene rings is 7. The van der Waals surface area contributed by atoms with Gasteiger partial charge in [-0.2, -0.15) is 0 Å². The van der Waals surface area contributed by atoms with Gasteiger partial charge in [0.2, 0.25) is 0 Å². The number of fused-ring (bicyclic) bond motifs is 8. The monoisotopic (exact) mass is 624 g/mol. The fourth-order valence-electron chi connectivity index (χ4n) is 6.67. The van der Waals surface area contributed by atoms with Gasteiger partial charge in [-0.1, -0.05) is 103 Å². The molecule has 0 aliphatic carbocycles. The summed E-state index contributed by atoms with van der Waals surface area (Å²) in [5.74, 6) is 0. The molecule has 0 saturated carbocycles. The summed E-state index contributed by atoms with van der Waals surface area (Å²) < 4.78 is 6.91. The molecule has 0 radical (unpaired) electrons. The molecule has 3 heterocycles. The summed E-state index contributed by atoms with van der Waals surface area (Å²) in [6.45, 7) is 0. The van der Waals surface area contributed by atoms with E-state index in [-0.39, 0.29) is 0 Å². The van der Waals surface area contributed by atoms with Crippen molar-refractivity contribution in [1.29, 1.82) is 0 Å². The minimum atomic E-state index is 1.24. The average Bonchev–Trinajstić information content (AvgIpc) is 3.78. The molecule has 0 spiro atoms. The smallest absolute Gasteiger partial charge is 0.0542 e. The van der Waals surface area contributed by atoms with Crippen LogP contribution in [0.15, 0.2) is 146 Å². The highest BCUT2D eigenvalue weighted by Crippen LogP contribution is 2.46. The van der Waals surface area contributed by atoms with Gasteiger partial charge in [0.1, 0.15) is 0 Å². The maximum Gasteiger partial charge on any atom is 0.0542 e. The summed E-state index contributed by atoms with van der Waals surface area (Å²) in [4.78, 5) is 1.32. The van der Waals surface area contributed by atoms with E-state index >= 15 is 0 Å². The van der Waals surface area contributed by atoms with E-state index < -0.39 is 0 Å². The highest BCUT2D eigenvalue weighted by atomic mass is 32.1. The molecule has 210 valence electrons. The molecule has 0 amide bonds.